The molecule has 5 heteroatoms. The molecule has 0 bridgehead atoms. The second-order valence-corrected chi connectivity index (χ2v) is 7.06. The fourth-order valence-corrected chi connectivity index (χ4v) is 3.13. The number of nitrogens with zero attached hydrogens (tertiary/aromatic N) is 2. The Bertz CT molecular complexity index is 1350. The Morgan fingerprint density at radius 3 is 2.26 bits per heavy atom. The summed E-state index contributed by atoms with van der Waals surface area (Å²) < 4.78 is 47.5. The summed E-state index contributed by atoms with van der Waals surface area (Å²) in [6.45, 7) is -2.25. The molecule has 0 amide bonds. The van der Waals surface area contributed by atoms with Gasteiger partial charge < -0.3 is 9.97 Å². The number of benzene rings is 3. The normalized spacial score (nSPS) is 11.6. The molecule has 2 aromatic heterocycles. The first-order valence-corrected chi connectivity index (χ1v) is 10.1. The minimum Gasteiger partial charge on any atom is -0.305 e. The number of aryl methyl sites for hydroxylation is 1. The van der Waals surface area contributed by atoms with Crippen molar-refractivity contribution < 1.29 is 33.0 Å². The molecule has 0 spiro atoms. The summed E-state index contributed by atoms with van der Waals surface area (Å²) in [6.07, 6.45) is 3.01. The van der Waals surface area contributed by atoms with E-state index >= 15 is 0 Å². The average molecular weight is 630 g/mol. The van der Waals surface area contributed by atoms with Crippen LogP contribution < -0.4 is 0 Å². The maximum Gasteiger partial charge on any atom is 0.0446 e. The zero-order valence-electron chi connectivity index (χ0n) is 20.8. The van der Waals surface area contributed by atoms with Gasteiger partial charge in [0, 0.05) is 48.2 Å². The molecule has 5 rings (SSSR count). The number of pyridine rings is 2. The summed E-state index contributed by atoms with van der Waals surface area (Å²) in [5, 5.41) is 0. The first-order chi connectivity index (χ1) is 17.3. The van der Waals surface area contributed by atoms with E-state index in [1.807, 2.05) is 54.7 Å². The Labute approximate surface area is 215 Å². The van der Waals surface area contributed by atoms with Crippen LogP contribution in [0.15, 0.2) is 103 Å². The molecule has 0 saturated heterocycles. The van der Waals surface area contributed by atoms with E-state index in [4.69, 9.17) is 4.11 Å². The van der Waals surface area contributed by atoms with Crippen LogP contribution in [0.25, 0.3) is 33.6 Å². The van der Waals surface area contributed by atoms with E-state index in [-0.39, 0.29) is 36.9 Å². The van der Waals surface area contributed by atoms with Crippen molar-refractivity contribution in [1.29, 1.82) is 0 Å². The van der Waals surface area contributed by atoms with Gasteiger partial charge in [0.1, 0.15) is 0 Å². The minimum absolute atomic E-state index is 0. The van der Waals surface area contributed by atoms with Crippen LogP contribution in [0.3, 0.4) is 0 Å². The number of hydrogen-bond donors (Lipinski definition) is 0. The van der Waals surface area contributed by atoms with Crippen LogP contribution in [-0.4, -0.2) is 9.97 Å². The van der Waals surface area contributed by atoms with Crippen molar-refractivity contribution in [3.05, 3.63) is 133 Å². The van der Waals surface area contributed by atoms with Gasteiger partial charge in [-0.3, -0.25) is 0 Å². The van der Waals surface area contributed by atoms with Crippen molar-refractivity contribution >= 4 is 0 Å². The molecule has 1 radical (unpaired) electrons. The fraction of sp³-hybridized carbons (Fsp3) is 0.0345. The molecule has 171 valence electrons. The van der Waals surface area contributed by atoms with Gasteiger partial charge in [0.05, 0.1) is 0 Å². The van der Waals surface area contributed by atoms with E-state index in [0.717, 1.165) is 17.3 Å². The van der Waals surface area contributed by atoms with Gasteiger partial charge in [0.15, 0.2) is 0 Å². The monoisotopic (exact) mass is 630 g/mol. The quantitative estimate of drug-likeness (QED) is 0.195. The molecular weight excluding hydrogens is 607 g/mol. The van der Waals surface area contributed by atoms with Crippen molar-refractivity contribution in [1.82, 2.24) is 9.97 Å². The predicted molar refractivity (Wildman–Crippen MR) is 127 cm³/mol. The molecule has 0 saturated carbocycles. The van der Waals surface area contributed by atoms with Crippen LogP contribution in [0, 0.1) is 30.6 Å². The zero-order valence-corrected chi connectivity index (χ0v) is 20.2. The Kier molecular flexibility index (Phi) is 7.47. The van der Waals surface area contributed by atoms with Crippen molar-refractivity contribution in [2.24, 2.45) is 0 Å². The Morgan fingerprint density at radius 1 is 0.765 bits per heavy atom. The topological polar surface area (TPSA) is 25.8 Å². The number of rotatable bonds is 3. The van der Waals surface area contributed by atoms with E-state index in [2.05, 4.69) is 40.3 Å². The van der Waals surface area contributed by atoms with Crippen LogP contribution in [-0.2, 0) is 20.1 Å². The van der Waals surface area contributed by atoms with Crippen molar-refractivity contribution in [3.8, 4) is 33.6 Å². The standard InChI is InChI=1S/C17H12N.C12H8F2N.Ir/c1-3-7-14(8-4-1)16-11-12-18-17(13-16)15-9-5-2-6-10-15;1-8-2-3-12(15-7-8)9-4-10(13)6-11(14)5-9;/h1-9,11-13H;2-4,6-7H,1H3;/q2*-1;/i;1D3;. The SMILES string of the molecule is [2H]C([2H])([2H])c1ccc(-c2[c-]c(F)cc(F)c2)nc1.[Ir].[c-]1ccccc1-c1cc(-c2ccccc2)ccn1. The molecule has 0 unspecified atom stereocenters. The predicted octanol–water partition coefficient (Wildman–Crippen LogP) is 7.35. The summed E-state index contributed by atoms with van der Waals surface area (Å²) in [5.74, 6) is -1.56. The third kappa shape index (κ3) is 6.74. The maximum absolute atomic E-state index is 13.0. The first-order valence-electron chi connectivity index (χ1n) is 11.6. The summed E-state index contributed by atoms with van der Waals surface area (Å²) in [4.78, 5) is 8.28. The fourth-order valence-electron chi connectivity index (χ4n) is 3.13. The molecule has 0 aliphatic heterocycles. The number of hydrogen-bond acceptors (Lipinski definition) is 2. The molecule has 0 aliphatic rings. The smallest absolute Gasteiger partial charge is 0.0446 e. The van der Waals surface area contributed by atoms with Crippen LogP contribution in [0.1, 0.15) is 9.68 Å². The molecule has 34 heavy (non-hydrogen) atoms. The molecule has 2 nitrogen and oxygen atoms in total. The third-order valence-corrected chi connectivity index (χ3v) is 4.69. The van der Waals surface area contributed by atoms with E-state index in [9.17, 15) is 8.78 Å². The number of aromatic nitrogens is 2. The van der Waals surface area contributed by atoms with E-state index in [1.54, 1.807) is 0 Å². The maximum atomic E-state index is 13.0. The molecule has 0 aliphatic carbocycles. The van der Waals surface area contributed by atoms with Crippen LogP contribution in [0.5, 0.6) is 0 Å². The summed E-state index contributed by atoms with van der Waals surface area (Å²) in [5.41, 5.74) is 4.84. The molecule has 2 heterocycles. The van der Waals surface area contributed by atoms with Crippen molar-refractivity contribution in [2.45, 2.75) is 6.85 Å². The summed E-state index contributed by atoms with van der Waals surface area (Å²) >= 11 is 0. The first kappa shape index (κ1) is 21.0. The van der Waals surface area contributed by atoms with Crippen LogP contribution >= 0.6 is 0 Å². The van der Waals surface area contributed by atoms with Crippen LogP contribution in [0.4, 0.5) is 8.78 Å². The molecule has 0 atom stereocenters. The van der Waals surface area contributed by atoms with Gasteiger partial charge >= 0.3 is 0 Å². The van der Waals surface area contributed by atoms with Gasteiger partial charge in [-0.05, 0) is 41.0 Å². The van der Waals surface area contributed by atoms with Gasteiger partial charge in [-0.25, -0.2) is 8.78 Å². The third-order valence-electron chi connectivity index (χ3n) is 4.69. The van der Waals surface area contributed by atoms with Crippen LogP contribution in [0.2, 0.25) is 0 Å². The molecular formula is C29H20F2IrN2-2. The Hall–Kier alpha value is -3.53. The molecule has 5 aromatic rings. The van der Waals surface area contributed by atoms with E-state index in [1.165, 1.54) is 29.5 Å². The van der Waals surface area contributed by atoms with E-state index < -0.39 is 18.5 Å². The Morgan fingerprint density at radius 2 is 1.59 bits per heavy atom. The average Bonchev–Trinajstić information content (AvgIpc) is 2.89. The zero-order chi connectivity index (χ0) is 25.5. The minimum atomic E-state index is -2.25. The van der Waals surface area contributed by atoms with Gasteiger partial charge in [0.25, 0.3) is 0 Å². The number of halogens is 2. The van der Waals surface area contributed by atoms with Crippen molar-refractivity contribution in [3.63, 3.8) is 0 Å². The summed E-state index contributed by atoms with van der Waals surface area (Å²) in [6, 6.07) is 32.4. The molecule has 0 fully saturated rings. The van der Waals surface area contributed by atoms with E-state index in [0.29, 0.717) is 6.07 Å². The van der Waals surface area contributed by atoms with Crippen molar-refractivity contribution in [2.75, 3.05) is 0 Å². The Balaban J connectivity index is 0.000000200. The van der Waals surface area contributed by atoms with Gasteiger partial charge in [-0.15, -0.1) is 53.6 Å². The van der Waals surface area contributed by atoms with Gasteiger partial charge in [0.2, 0.25) is 0 Å². The molecule has 0 N–H and O–H groups in total. The largest absolute Gasteiger partial charge is 0.305 e. The van der Waals surface area contributed by atoms with Gasteiger partial charge in [-0.1, -0.05) is 54.6 Å². The molecule has 3 aromatic carbocycles. The second kappa shape index (κ2) is 12.1. The summed E-state index contributed by atoms with van der Waals surface area (Å²) in [7, 11) is 0. The second-order valence-electron chi connectivity index (χ2n) is 7.06. The van der Waals surface area contributed by atoms with Gasteiger partial charge in [-0.2, -0.15) is 0 Å².